The molecule has 0 saturated heterocycles. The van der Waals surface area contributed by atoms with Crippen LogP contribution < -0.4 is 0 Å². The van der Waals surface area contributed by atoms with Crippen molar-refractivity contribution < 1.29 is 19.5 Å². The Labute approximate surface area is 139 Å². The van der Waals surface area contributed by atoms with E-state index in [0.717, 1.165) is 19.6 Å². The summed E-state index contributed by atoms with van der Waals surface area (Å²) in [6.07, 6.45) is 2.19. The molecule has 1 aliphatic rings. The first-order valence-corrected chi connectivity index (χ1v) is 7.62. The molecule has 0 unspecified atom stereocenters. The zero-order chi connectivity index (χ0) is 13.8. The van der Waals surface area contributed by atoms with Crippen LogP contribution in [0.3, 0.4) is 0 Å². The number of hydrogen-bond acceptors (Lipinski definition) is 2. The minimum absolute atomic E-state index is 0. The first kappa shape index (κ1) is 17.7. The molecule has 3 nitrogen and oxygen atoms in total. The van der Waals surface area contributed by atoms with Gasteiger partial charge in [0.15, 0.2) is 0 Å². The molecule has 111 valence electrons. The molecule has 0 saturated carbocycles. The van der Waals surface area contributed by atoms with E-state index in [1.165, 1.54) is 21.4 Å². The first-order chi connectivity index (χ1) is 9.25. The van der Waals surface area contributed by atoms with Crippen LogP contribution >= 0.6 is 11.9 Å². The van der Waals surface area contributed by atoms with Gasteiger partial charge in [-0.25, -0.2) is 0 Å². The molecule has 0 spiro atoms. The quantitative estimate of drug-likeness (QED) is 0.593. The third-order valence-corrected chi connectivity index (χ3v) is 4.03. The summed E-state index contributed by atoms with van der Waals surface area (Å²) in [5.74, 6) is 0. The predicted octanol–water partition coefficient (Wildman–Crippen LogP) is 4.12. The number of nitrogens with zero attached hydrogens (tertiary/aromatic N) is 3. The molecule has 5 heteroatoms. The standard InChI is InChI=1S/C13H16N3S.C2H6.Ru/c1-15(2)7-8-16-6-5-10-11-9-14-17-13(11)4-3-12(10)16;1-2;/h3-6H,7-9H2,1-2H3;1-2H3;/q-1;;+1. The van der Waals surface area contributed by atoms with E-state index in [1.807, 2.05) is 13.8 Å². The van der Waals surface area contributed by atoms with Gasteiger partial charge < -0.3 is 14.2 Å². The van der Waals surface area contributed by atoms with Gasteiger partial charge in [0.25, 0.3) is 0 Å². The largest absolute Gasteiger partial charge is 1.00 e. The van der Waals surface area contributed by atoms with Gasteiger partial charge in [0.2, 0.25) is 0 Å². The Morgan fingerprint density at radius 3 is 2.70 bits per heavy atom. The minimum Gasteiger partial charge on any atom is -0.598 e. The van der Waals surface area contributed by atoms with Gasteiger partial charge in [0.05, 0.1) is 0 Å². The van der Waals surface area contributed by atoms with E-state index in [0.29, 0.717) is 0 Å². The Balaban J connectivity index is 0.000000639. The molecule has 0 aliphatic carbocycles. The summed E-state index contributed by atoms with van der Waals surface area (Å²) < 4.78 is 6.72. The van der Waals surface area contributed by atoms with Gasteiger partial charge in [0, 0.05) is 30.2 Å². The molecule has 1 aromatic carbocycles. The van der Waals surface area contributed by atoms with E-state index in [9.17, 15) is 0 Å². The second kappa shape index (κ2) is 8.18. The van der Waals surface area contributed by atoms with Crippen LogP contribution in [0.5, 0.6) is 0 Å². The normalized spacial score (nSPS) is 12.8. The maximum atomic E-state index is 4.38. The fourth-order valence-electron chi connectivity index (χ4n) is 2.23. The zero-order valence-corrected chi connectivity index (χ0v) is 15.1. The number of hydrogen-bond donors (Lipinski definition) is 0. The molecule has 1 aliphatic heterocycles. The molecule has 0 bridgehead atoms. The molecule has 0 fully saturated rings. The maximum absolute atomic E-state index is 4.38. The fraction of sp³-hybridized carbons (Fsp3) is 0.467. The summed E-state index contributed by atoms with van der Waals surface area (Å²) in [4.78, 5) is 3.53. The third-order valence-electron chi connectivity index (χ3n) is 3.20. The molecule has 2 heterocycles. The molecule has 0 atom stereocenters. The van der Waals surface area contributed by atoms with E-state index >= 15 is 0 Å². The van der Waals surface area contributed by atoms with Crippen LogP contribution in [0, 0.1) is 0 Å². The van der Waals surface area contributed by atoms with Crippen molar-refractivity contribution in [2.75, 3.05) is 20.6 Å². The Hall–Kier alpha value is -0.347. The predicted molar refractivity (Wildman–Crippen MR) is 84.8 cm³/mol. The molecule has 20 heavy (non-hydrogen) atoms. The SMILES string of the molecule is CC.CN(C)CCn1ccc2c3c(ccc21)S[N-]C3.[Ru+]. The van der Waals surface area contributed by atoms with E-state index < -0.39 is 0 Å². The second-order valence-corrected chi connectivity index (χ2v) is 5.55. The third kappa shape index (κ3) is 3.64. The van der Waals surface area contributed by atoms with Crippen molar-refractivity contribution in [2.24, 2.45) is 0 Å². The van der Waals surface area contributed by atoms with E-state index in [2.05, 4.69) is 52.7 Å². The molecule has 3 rings (SSSR count). The number of aromatic nitrogens is 1. The number of rotatable bonds is 3. The van der Waals surface area contributed by atoms with Gasteiger partial charge in [0.1, 0.15) is 0 Å². The van der Waals surface area contributed by atoms with Crippen LogP contribution in [-0.2, 0) is 32.6 Å². The minimum atomic E-state index is 0. The van der Waals surface area contributed by atoms with Crippen molar-refractivity contribution >= 4 is 22.9 Å². The summed E-state index contributed by atoms with van der Waals surface area (Å²) in [7, 11) is 4.22. The van der Waals surface area contributed by atoms with Gasteiger partial charge in [-0.05, 0) is 42.8 Å². The van der Waals surface area contributed by atoms with Crippen LogP contribution in [0.15, 0.2) is 29.3 Å². The molecule has 0 N–H and O–H groups in total. The van der Waals surface area contributed by atoms with Crippen molar-refractivity contribution in [1.82, 2.24) is 9.47 Å². The van der Waals surface area contributed by atoms with Crippen molar-refractivity contribution in [3.8, 4) is 0 Å². The summed E-state index contributed by atoms with van der Waals surface area (Å²) in [5, 5.41) is 1.37. The average molecular weight is 377 g/mol. The van der Waals surface area contributed by atoms with Gasteiger partial charge in [-0.15, -0.1) is 6.54 Å². The molecular weight excluding hydrogens is 355 g/mol. The van der Waals surface area contributed by atoms with Crippen molar-refractivity contribution in [3.63, 3.8) is 0 Å². The van der Waals surface area contributed by atoms with Crippen LogP contribution in [0.4, 0.5) is 0 Å². The molecular formula is C15H22N3RuS. The summed E-state index contributed by atoms with van der Waals surface area (Å²) in [6, 6.07) is 6.65. The number of benzene rings is 1. The van der Waals surface area contributed by atoms with Gasteiger partial charge in [-0.3, -0.25) is 11.9 Å². The number of fused-ring (bicyclic) bond motifs is 3. The van der Waals surface area contributed by atoms with Gasteiger partial charge in [-0.2, -0.15) is 0 Å². The van der Waals surface area contributed by atoms with Crippen molar-refractivity contribution in [1.29, 1.82) is 0 Å². The van der Waals surface area contributed by atoms with Crippen LogP contribution in [-0.4, -0.2) is 30.1 Å². The molecule has 1 radical (unpaired) electrons. The number of likely N-dealkylation sites (N-methyl/N-ethyl adjacent to an activating group) is 1. The van der Waals surface area contributed by atoms with E-state index in [1.54, 1.807) is 11.9 Å². The average Bonchev–Trinajstić information content (AvgIpc) is 3.04. The molecule has 2 aromatic rings. The first-order valence-electron chi connectivity index (χ1n) is 6.85. The van der Waals surface area contributed by atoms with Crippen LogP contribution in [0.1, 0.15) is 19.4 Å². The zero-order valence-electron chi connectivity index (χ0n) is 12.5. The maximum Gasteiger partial charge on any atom is 1.00 e. The van der Waals surface area contributed by atoms with E-state index in [4.69, 9.17) is 0 Å². The second-order valence-electron chi connectivity index (χ2n) is 4.67. The Bertz CT molecular complexity index is 551. The van der Waals surface area contributed by atoms with Gasteiger partial charge >= 0.3 is 19.5 Å². The van der Waals surface area contributed by atoms with Crippen molar-refractivity contribution in [3.05, 3.63) is 34.7 Å². The summed E-state index contributed by atoms with van der Waals surface area (Å²) in [5.41, 5.74) is 2.74. The Kier molecular flexibility index (Phi) is 7.24. The van der Waals surface area contributed by atoms with Gasteiger partial charge in [-0.1, -0.05) is 13.8 Å². The molecule has 1 aromatic heterocycles. The van der Waals surface area contributed by atoms with Crippen molar-refractivity contribution in [2.45, 2.75) is 31.8 Å². The van der Waals surface area contributed by atoms with Crippen LogP contribution in [0.25, 0.3) is 15.6 Å². The topological polar surface area (TPSA) is 22.3 Å². The van der Waals surface area contributed by atoms with Crippen LogP contribution in [0.2, 0.25) is 0 Å². The summed E-state index contributed by atoms with van der Waals surface area (Å²) in [6.45, 7) is 6.97. The Morgan fingerprint density at radius 1 is 1.25 bits per heavy atom. The Morgan fingerprint density at radius 2 is 2.00 bits per heavy atom. The smallest absolute Gasteiger partial charge is 0.598 e. The fourth-order valence-corrected chi connectivity index (χ4v) is 2.98. The van der Waals surface area contributed by atoms with E-state index in [-0.39, 0.29) is 19.5 Å². The monoisotopic (exact) mass is 378 g/mol. The summed E-state index contributed by atoms with van der Waals surface area (Å²) >= 11 is 1.62. The molecule has 0 amide bonds.